The van der Waals surface area contributed by atoms with Crippen molar-refractivity contribution in [3.05, 3.63) is 47.0 Å². The molecule has 4 nitrogen and oxygen atoms in total. The number of amides is 1. The van der Waals surface area contributed by atoms with Crippen molar-refractivity contribution in [3.8, 4) is 0 Å². The number of carbonyl (C=O) groups is 1. The number of hydrogen-bond donors (Lipinski definition) is 0. The molecule has 0 atom stereocenters. The Morgan fingerprint density at radius 2 is 2.05 bits per heavy atom. The van der Waals surface area contributed by atoms with Crippen LogP contribution in [0.15, 0.2) is 46.3 Å². The molecule has 19 heavy (non-hydrogen) atoms. The van der Waals surface area contributed by atoms with E-state index in [0.29, 0.717) is 16.6 Å². The molecule has 0 aliphatic carbocycles. The lowest BCUT2D eigenvalue weighted by atomic mass is 10.2. The number of pyridine rings is 2. The average Bonchev–Trinajstić information content (AvgIpc) is 2.46. The van der Waals surface area contributed by atoms with E-state index in [1.807, 2.05) is 6.07 Å². The molecule has 0 unspecified atom stereocenters. The number of hydrogen-bond acceptors (Lipinski definition) is 4. The lowest BCUT2D eigenvalue weighted by Gasteiger charge is -2.28. The van der Waals surface area contributed by atoms with Crippen LogP contribution in [0.5, 0.6) is 0 Å². The van der Waals surface area contributed by atoms with E-state index in [2.05, 4.69) is 25.9 Å². The van der Waals surface area contributed by atoms with Crippen LogP contribution in [0, 0.1) is 0 Å². The number of rotatable bonds is 1. The van der Waals surface area contributed by atoms with Crippen LogP contribution < -0.4 is 4.90 Å². The molecule has 6 heteroatoms. The Morgan fingerprint density at radius 1 is 1.26 bits per heavy atom. The minimum Gasteiger partial charge on any atom is -0.305 e. The van der Waals surface area contributed by atoms with Gasteiger partial charge in [-0.05, 0) is 28.1 Å². The van der Waals surface area contributed by atoms with E-state index in [-0.39, 0.29) is 5.91 Å². The molecule has 3 heterocycles. The van der Waals surface area contributed by atoms with Gasteiger partial charge in [0, 0.05) is 40.3 Å². The van der Waals surface area contributed by atoms with Gasteiger partial charge in [0.2, 0.25) is 0 Å². The van der Waals surface area contributed by atoms with E-state index in [0.717, 1.165) is 16.3 Å². The summed E-state index contributed by atoms with van der Waals surface area (Å²) in [7, 11) is 0. The monoisotopic (exact) mass is 335 g/mol. The van der Waals surface area contributed by atoms with Crippen LogP contribution >= 0.6 is 27.7 Å². The first-order valence-electron chi connectivity index (χ1n) is 5.75. The number of aromatic nitrogens is 2. The van der Waals surface area contributed by atoms with Gasteiger partial charge in [-0.3, -0.25) is 14.8 Å². The molecule has 0 bridgehead atoms. The molecule has 1 aliphatic heterocycles. The van der Waals surface area contributed by atoms with Crippen LogP contribution in [0.2, 0.25) is 0 Å². The van der Waals surface area contributed by atoms with Crippen LogP contribution in [-0.4, -0.2) is 28.2 Å². The minimum atomic E-state index is -0.0242. The zero-order chi connectivity index (χ0) is 13.2. The van der Waals surface area contributed by atoms with Crippen molar-refractivity contribution in [2.24, 2.45) is 0 Å². The molecule has 1 amide bonds. The third kappa shape index (κ3) is 2.37. The topological polar surface area (TPSA) is 46.1 Å². The van der Waals surface area contributed by atoms with Gasteiger partial charge in [-0.1, -0.05) is 0 Å². The highest BCUT2D eigenvalue weighted by Gasteiger charge is 2.25. The molecule has 0 saturated carbocycles. The summed E-state index contributed by atoms with van der Waals surface area (Å²) in [5, 5.41) is 0. The van der Waals surface area contributed by atoms with Crippen LogP contribution in [-0.2, 0) is 0 Å². The van der Waals surface area contributed by atoms with E-state index in [1.54, 1.807) is 47.5 Å². The van der Waals surface area contributed by atoms with Crippen molar-refractivity contribution < 1.29 is 4.79 Å². The largest absolute Gasteiger partial charge is 0.305 e. The first kappa shape index (κ1) is 12.6. The van der Waals surface area contributed by atoms with Gasteiger partial charge in [-0.15, -0.1) is 11.8 Å². The Hall–Kier alpha value is -1.40. The van der Waals surface area contributed by atoms with Crippen molar-refractivity contribution in [1.29, 1.82) is 0 Å². The smallest absolute Gasteiger partial charge is 0.259 e. The SMILES string of the molecule is O=C(c1ccncc1Br)N1CCSc2ccncc21. The normalized spacial score (nSPS) is 14.1. The van der Waals surface area contributed by atoms with Gasteiger partial charge in [0.15, 0.2) is 0 Å². The quantitative estimate of drug-likeness (QED) is 0.803. The molecular weight excluding hydrogens is 326 g/mol. The number of anilines is 1. The van der Waals surface area contributed by atoms with Crippen LogP contribution in [0.25, 0.3) is 0 Å². The second-order valence-corrected chi connectivity index (χ2v) is 6.00. The van der Waals surface area contributed by atoms with Gasteiger partial charge < -0.3 is 4.90 Å². The Bertz CT molecular complexity index is 635. The Balaban J connectivity index is 2.00. The number of nitrogens with zero attached hydrogens (tertiary/aromatic N) is 3. The highest BCUT2D eigenvalue weighted by molar-refractivity contribution is 9.10. The minimum absolute atomic E-state index is 0.0242. The van der Waals surface area contributed by atoms with Crippen LogP contribution in [0.1, 0.15) is 10.4 Å². The van der Waals surface area contributed by atoms with E-state index >= 15 is 0 Å². The number of halogens is 1. The van der Waals surface area contributed by atoms with Crippen molar-refractivity contribution in [2.45, 2.75) is 4.90 Å². The fourth-order valence-electron chi connectivity index (χ4n) is 1.97. The Labute approximate surface area is 123 Å². The van der Waals surface area contributed by atoms with Crippen molar-refractivity contribution in [2.75, 3.05) is 17.2 Å². The van der Waals surface area contributed by atoms with E-state index in [4.69, 9.17) is 0 Å². The zero-order valence-corrected chi connectivity index (χ0v) is 12.3. The van der Waals surface area contributed by atoms with Gasteiger partial charge in [0.1, 0.15) is 0 Å². The maximum atomic E-state index is 12.6. The van der Waals surface area contributed by atoms with Gasteiger partial charge in [-0.2, -0.15) is 0 Å². The molecule has 0 radical (unpaired) electrons. The van der Waals surface area contributed by atoms with Crippen molar-refractivity contribution in [3.63, 3.8) is 0 Å². The fourth-order valence-corrected chi connectivity index (χ4v) is 3.35. The summed E-state index contributed by atoms with van der Waals surface area (Å²) in [4.78, 5) is 23.6. The number of carbonyl (C=O) groups excluding carboxylic acids is 1. The second kappa shape index (κ2) is 5.30. The Kier molecular flexibility index (Phi) is 3.52. The molecule has 0 saturated heterocycles. The lowest BCUT2D eigenvalue weighted by Crippen LogP contribution is -2.35. The van der Waals surface area contributed by atoms with Crippen LogP contribution in [0.4, 0.5) is 5.69 Å². The van der Waals surface area contributed by atoms with Crippen LogP contribution in [0.3, 0.4) is 0 Å². The van der Waals surface area contributed by atoms with Gasteiger partial charge in [-0.25, -0.2) is 0 Å². The number of fused-ring (bicyclic) bond motifs is 1. The standard InChI is InChI=1S/C13H10BrN3OS/c14-10-7-15-3-1-9(10)13(18)17-5-6-19-12-2-4-16-8-11(12)17/h1-4,7-8H,5-6H2. The first-order valence-corrected chi connectivity index (χ1v) is 7.53. The zero-order valence-electron chi connectivity index (χ0n) is 9.91. The van der Waals surface area contributed by atoms with Crippen molar-refractivity contribution in [1.82, 2.24) is 9.97 Å². The van der Waals surface area contributed by atoms with Gasteiger partial charge in [0.05, 0.1) is 17.4 Å². The maximum Gasteiger partial charge on any atom is 0.259 e. The van der Waals surface area contributed by atoms with E-state index < -0.39 is 0 Å². The second-order valence-electron chi connectivity index (χ2n) is 4.00. The summed E-state index contributed by atoms with van der Waals surface area (Å²) in [6, 6.07) is 3.67. The lowest BCUT2D eigenvalue weighted by molar-refractivity contribution is 0.0987. The third-order valence-corrected chi connectivity index (χ3v) is 4.55. The fraction of sp³-hybridized carbons (Fsp3) is 0.154. The molecule has 3 rings (SSSR count). The van der Waals surface area contributed by atoms with Gasteiger partial charge in [0.25, 0.3) is 5.91 Å². The summed E-state index contributed by atoms with van der Waals surface area (Å²) in [5.74, 6) is 0.870. The van der Waals surface area contributed by atoms with Crippen molar-refractivity contribution >= 4 is 39.3 Å². The molecule has 1 aliphatic rings. The average molecular weight is 336 g/mol. The summed E-state index contributed by atoms with van der Waals surface area (Å²) in [5.41, 5.74) is 1.50. The molecule has 0 N–H and O–H groups in total. The maximum absolute atomic E-state index is 12.6. The molecule has 0 aromatic carbocycles. The number of thioether (sulfide) groups is 1. The Morgan fingerprint density at radius 3 is 2.89 bits per heavy atom. The molecule has 2 aromatic heterocycles. The summed E-state index contributed by atoms with van der Waals surface area (Å²) < 4.78 is 0.712. The van der Waals surface area contributed by atoms with E-state index in [9.17, 15) is 4.79 Å². The van der Waals surface area contributed by atoms with E-state index in [1.165, 1.54) is 0 Å². The highest BCUT2D eigenvalue weighted by atomic mass is 79.9. The molecular formula is C13H10BrN3OS. The summed E-state index contributed by atoms with van der Waals surface area (Å²) in [6.07, 6.45) is 6.76. The molecule has 96 valence electrons. The molecule has 2 aromatic rings. The predicted molar refractivity (Wildman–Crippen MR) is 78.6 cm³/mol. The predicted octanol–water partition coefficient (Wildman–Crippen LogP) is 2.99. The molecule has 0 spiro atoms. The van der Waals surface area contributed by atoms with Gasteiger partial charge >= 0.3 is 0 Å². The summed E-state index contributed by atoms with van der Waals surface area (Å²) in [6.45, 7) is 0.691. The third-order valence-electron chi connectivity index (χ3n) is 2.87. The first-order chi connectivity index (χ1) is 9.27. The molecule has 0 fully saturated rings. The highest BCUT2D eigenvalue weighted by Crippen LogP contribution is 2.34. The summed E-state index contributed by atoms with van der Waals surface area (Å²) >= 11 is 5.12.